The summed E-state index contributed by atoms with van der Waals surface area (Å²) < 4.78 is 11.9. The number of rotatable bonds is 5. The van der Waals surface area contributed by atoms with E-state index in [9.17, 15) is 4.79 Å². The van der Waals surface area contributed by atoms with Crippen LogP contribution in [-0.4, -0.2) is 40.3 Å². The first kappa shape index (κ1) is 15.5. The molecule has 1 aromatic heterocycles. The molecule has 1 amide bonds. The van der Waals surface area contributed by atoms with Crippen LogP contribution in [0.4, 0.5) is 5.69 Å². The summed E-state index contributed by atoms with van der Waals surface area (Å²) in [4.78, 5) is 12.5. The highest BCUT2D eigenvalue weighted by Crippen LogP contribution is 2.29. The van der Waals surface area contributed by atoms with Crippen LogP contribution < -0.4 is 14.8 Å². The van der Waals surface area contributed by atoms with Crippen molar-refractivity contribution in [2.45, 2.75) is 0 Å². The molecule has 0 aliphatic rings. The molecule has 24 heavy (non-hydrogen) atoms. The zero-order chi connectivity index (χ0) is 16.9. The van der Waals surface area contributed by atoms with Gasteiger partial charge >= 0.3 is 0 Å². The van der Waals surface area contributed by atoms with Crippen molar-refractivity contribution in [3.63, 3.8) is 0 Å². The lowest BCUT2D eigenvalue weighted by molar-refractivity contribution is 0.102. The van der Waals surface area contributed by atoms with Crippen molar-refractivity contribution in [3.05, 3.63) is 54.4 Å². The normalized spacial score (nSPS) is 10.2. The number of anilines is 1. The van der Waals surface area contributed by atoms with E-state index in [1.165, 1.54) is 18.1 Å². The van der Waals surface area contributed by atoms with E-state index in [2.05, 4.69) is 20.8 Å². The molecule has 0 bridgehead atoms. The molecule has 122 valence electrons. The molecule has 1 N–H and O–H groups in total. The van der Waals surface area contributed by atoms with Gasteiger partial charge in [0.15, 0.2) is 0 Å². The molecule has 1 heterocycles. The number of aromatic nitrogens is 4. The highest BCUT2D eigenvalue weighted by Gasteiger charge is 2.12. The number of nitrogens with one attached hydrogen (secondary N) is 1. The van der Waals surface area contributed by atoms with Crippen molar-refractivity contribution in [2.24, 2.45) is 0 Å². The summed E-state index contributed by atoms with van der Waals surface area (Å²) in [7, 11) is 3.10. The smallest absolute Gasteiger partial charge is 0.255 e. The lowest BCUT2D eigenvalue weighted by Gasteiger charge is -2.12. The van der Waals surface area contributed by atoms with Gasteiger partial charge in [-0.1, -0.05) is 6.07 Å². The minimum Gasteiger partial charge on any atom is -0.497 e. The first-order chi connectivity index (χ1) is 11.7. The second-order valence-corrected chi connectivity index (χ2v) is 4.83. The highest BCUT2D eigenvalue weighted by molar-refractivity contribution is 6.05. The molecule has 0 unspecified atom stereocenters. The third-order valence-corrected chi connectivity index (χ3v) is 3.38. The minimum absolute atomic E-state index is 0.281. The van der Waals surface area contributed by atoms with E-state index in [0.29, 0.717) is 28.4 Å². The van der Waals surface area contributed by atoms with E-state index in [1.54, 1.807) is 49.6 Å². The third-order valence-electron chi connectivity index (χ3n) is 3.38. The Morgan fingerprint density at radius 3 is 2.71 bits per heavy atom. The van der Waals surface area contributed by atoms with Crippen LogP contribution in [0.15, 0.2) is 48.8 Å². The molecule has 0 aliphatic heterocycles. The molecule has 0 saturated heterocycles. The Morgan fingerprint density at radius 1 is 1.12 bits per heavy atom. The van der Waals surface area contributed by atoms with Crippen molar-refractivity contribution in [1.29, 1.82) is 0 Å². The van der Waals surface area contributed by atoms with Gasteiger partial charge in [-0.25, -0.2) is 4.68 Å². The van der Waals surface area contributed by atoms with E-state index in [-0.39, 0.29) is 5.91 Å². The molecule has 2 aromatic carbocycles. The molecule has 0 atom stereocenters. The van der Waals surface area contributed by atoms with Crippen molar-refractivity contribution in [3.8, 4) is 17.2 Å². The molecule has 0 radical (unpaired) electrons. The summed E-state index contributed by atoms with van der Waals surface area (Å²) in [6, 6.07) is 12.1. The Balaban J connectivity index is 1.87. The molecule has 8 heteroatoms. The van der Waals surface area contributed by atoms with Gasteiger partial charge in [-0.3, -0.25) is 4.79 Å². The van der Waals surface area contributed by atoms with Crippen LogP contribution >= 0.6 is 0 Å². The molecule has 0 spiro atoms. The Hall–Kier alpha value is -3.42. The molecule has 3 aromatic rings. The van der Waals surface area contributed by atoms with Crippen molar-refractivity contribution >= 4 is 11.6 Å². The molecule has 0 saturated carbocycles. The summed E-state index contributed by atoms with van der Waals surface area (Å²) >= 11 is 0. The van der Waals surface area contributed by atoms with Crippen LogP contribution in [0.25, 0.3) is 5.69 Å². The Morgan fingerprint density at radius 2 is 2.00 bits per heavy atom. The van der Waals surface area contributed by atoms with Crippen molar-refractivity contribution in [2.75, 3.05) is 19.5 Å². The molecule has 0 aliphatic carbocycles. The number of carbonyl (C=O) groups excluding carboxylic acids is 1. The molecular weight excluding hydrogens is 310 g/mol. The van der Waals surface area contributed by atoms with E-state index >= 15 is 0 Å². The second kappa shape index (κ2) is 6.78. The minimum atomic E-state index is -0.281. The zero-order valence-electron chi connectivity index (χ0n) is 13.1. The maximum absolute atomic E-state index is 12.5. The fourth-order valence-corrected chi connectivity index (χ4v) is 2.18. The van der Waals surface area contributed by atoms with Gasteiger partial charge in [-0.2, -0.15) is 0 Å². The van der Waals surface area contributed by atoms with E-state index in [4.69, 9.17) is 9.47 Å². The summed E-state index contributed by atoms with van der Waals surface area (Å²) in [6.07, 6.45) is 1.46. The Labute approximate surface area is 138 Å². The first-order valence-corrected chi connectivity index (χ1v) is 7.08. The number of benzene rings is 2. The van der Waals surface area contributed by atoms with Crippen molar-refractivity contribution in [1.82, 2.24) is 20.2 Å². The van der Waals surface area contributed by atoms with Gasteiger partial charge in [0.05, 0.1) is 25.6 Å². The fraction of sp³-hybridized carbons (Fsp3) is 0.125. The number of tetrazole rings is 1. The molecule has 0 fully saturated rings. The number of ether oxygens (including phenoxy) is 2. The van der Waals surface area contributed by atoms with Crippen LogP contribution in [0.2, 0.25) is 0 Å². The van der Waals surface area contributed by atoms with Crippen molar-refractivity contribution < 1.29 is 14.3 Å². The van der Waals surface area contributed by atoms with E-state index < -0.39 is 0 Å². The average molecular weight is 325 g/mol. The van der Waals surface area contributed by atoms with Gasteiger partial charge in [0.1, 0.15) is 17.8 Å². The Bertz CT molecular complexity index is 849. The van der Waals surface area contributed by atoms with Gasteiger partial charge in [0, 0.05) is 11.6 Å². The summed E-state index contributed by atoms with van der Waals surface area (Å²) in [5, 5.41) is 13.8. The van der Waals surface area contributed by atoms with Gasteiger partial charge in [-0.15, -0.1) is 5.10 Å². The van der Waals surface area contributed by atoms with Gasteiger partial charge in [0.25, 0.3) is 5.91 Å². The quantitative estimate of drug-likeness (QED) is 0.771. The van der Waals surface area contributed by atoms with Crippen LogP contribution in [-0.2, 0) is 0 Å². The van der Waals surface area contributed by atoms with Gasteiger partial charge < -0.3 is 14.8 Å². The van der Waals surface area contributed by atoms with Gasteiger partial charge in [0.2, 0.25) is 0 Å². The summed E-state index contributed by atoms with van der Waals surface area (Å²) in [5.41, 5.74) is 1.67. The SMILES string of the molecule is COc1ccc(OC)c(NC(=O)c2cccc(-n3cnnn3)c2)c1. The van der Waals surface area contributed by atoms with Crippen LogP contribution in [0.5, 0.6) is 11.5 Å². The lowest BCUT2D eigenvalue weighted by Crippen LogP contribution is -2.13. The molecule has 8 nitrogen and oxygen atoms in total. The first-order valence-electron chi connectivity index (χ1n) is 7.08. The van der Waals surface area contributed by atoms with Gasteiger partial charge in [-0.05, 0) is 40.8 Å². The standard InChI is InChI=1S/C16H15N5O3/c1-23-13-6-7-15(24-2)14(9-13)18-16(22)11-4-3-5-12(8-11)21-10-17-19-20-21/h3-10H,1-2H3,(H,18,22). The highest BCUT2D eigenvalue weighted by atomic mass is 16.5. The zero-order valence-corrected chi connectivity index (χ0v) is 13.1. The summed E-state index contributed by atoms with van der Waals surface area (Å²) in [6.45, 7) is 0. The Kier molecular flexibility index (Phi) is 4.37. The van der Waals surface area contributed by atoms with Crippen LogP contribution in [0, 0.1) is 0 Å². The molecule has 3 rings (SSSR count). The molecular formula is C16H15N5O3. The predicted octanol–water partition coefficient (Wildman–Crippen LogP) is 1.93. The van der Waals surface area contributed by atoms with Crippen LogP contribution in [0.3, 0.4) is 0 Å². The third kappa shape index (κ3) is 3.17. The monoisotopic (exact) mass is 325 g/mol. The number of carbonyl (C=O) groups is 1. The number of methoxy groups -OCH3 is 2. The number of hydrogen-bond donors (Lipinski definition) is 1. The summed E-state index contributed by atoms with van der Waals surface area (Å²) in [5.74, 6) is 0.880. The van der Waals surface area contributed by atoms with E-state index in [0.717, 1.165) is 0 Å². The fourth-order valence-electron chi connectivity index (χ4n) is 2.18. The topological polar surface area (TPSA) is 91.2 Å². The second-order valence-electron chi connectivity index (χ2n) is 4.83. The average Bonchev–Trinajstić information content (AvgIpc) is 3.16. The largest absolute Gasteiger partial charge is 0.497 e. The number of hydrogen-bond acceptors (Lipinski definition) is 6. The number of nitrogens with zero attached hydrogens (tertiary/aromatic N) is 4. The van der Waals surface area contributed by atoms with Crippen LogP contribution in [0.1, 0.15) is 10.4 Å². The lowest BCUT2D eigenvalue weighted by atomic mass is 10.1. The maximum atomic E-state index is 12.5. The van der Waals surface area contributed by atoms with E-state index in [1.807, 2.05) is 0 Å². The maximum Gasteiger partial charge on any atom is 0.255 e. The number of amides is 1. The predicted molar refractivity (Wildman–Crippen MR) is 86.7 cm³/mol.